The van der Waals surface area contributed by atoms with Gasteiger partial charge in [-0.25, -0.2) is 4.98 Å². The van der Waals surface area contributed by atoms with Crippen LogP contribution in [-0.4, -0.2) is 29.8 Å². The number of thiazole rings is 1. The average molecular weight is 410 g/mol. The number of benzene rings is 2. The van der Waals surface area contributed by atoms with Gasteiger partial charge in [-0.2, -0.15) is 0 Å². The van der Waals surface area contributed by atoms with Crippen molar-refractivity contribution < 1.29 is 14.3 Å². The molecule has 0 spiro atoms. The highest BCUT2D eigenvalue weighted by Crippen LogP contribution is 2.38. The van der Waals surface area contributed by atoms with Crippen molar-refractivity contribution in [2.75, 3.05) is 17.7 Å². The van der Waals surface area contributed by atoms with Crippen LogP contribution in [0.25, 0.3) is 0 Å². The molecule has 0 saturated carbocycles. The fraction of sp³-hybridized carbons (Fsp3) is 0.190. The van der Waals surface area contributed by atoms with Crippen molar-refractivity contribution in [3.8, 4) is 5.75 Å². The molecule has 1 aromatic heterocycles. The highest BCUT2D eigenvalue weighted by Gasteiger charge is 2.28. The summed E-state index contributed by atoms with van der Waals surface area (Å²) in [5, 5.41) is 0.418. The molecule has 2 aromatic carbocycles. The summed E-state index contributed by atoms with van der Waals surface area (Å²) in [6.07, 6.45) is 0. The summed E-state index contributed by atoms with van der Waals surface area (Å²) in [4.78, 5) is 31.3. The number of carbonyl (C=O) groups excluding carboxylic acids is 2. The van der Waals surface area contributed by atoms with Crippen LogP contribution in [0, 0.1) is 6.92 Å². The lowest BCUT2D eigenvalue weighted by molar-refractivity contribution is -0.118. The maximum Gasteiger partial charge on any atom is 0.240 e. The molecule has 7 nitrogen and oxygen atoms in total. The Hall–Kier alpha value is -3.39. The van der Waals surface area contributed by atoms with E-state index in [4.69, 9.17) is 16.2 Å². The minimum Gasteiger partial charge on any atom is -0.497 e. The molecule has 0 saturated heterocycles. The van der Waals surface area contributed by atoms with Gasteiger partial charge >= 0.3 is 0 Å². The first-order valence-corrected chi connectivity index (χ1v) is 9.74. The standard InChI is InChI=1S/C21H22N4O3S/c1-12-11-15(28-3)9-10-16(12)25(13(2)20(23)27)21-24-19(22)18(29-21)17(26)14-7-5-4-6-8-14/h4-11,13H,22H2,1-3H3,(H2,23,27). The Kier molecular flexibility index (Phi) is 5.84. The zero-order valence-corrected chi connectivity index (χ0v) is 17.2. The van der Waals surface area contributed by atoms with Gasteiger partial charge in [0.05, 0.1) is 7.11 Å². The Morgan fingerprint density at radius 3 is 2.45 bits per heavy atom. The Labute approximate surface area is 172 Å². The summed E-state index contributed by atoms with van der Waals surface area (Å²) in [5.41, 5.74) is 13.8. The third kappa shape index (κ3) is 4.07. The first-order valence-electron chi connectivity index (χ1n) is 8.92. The molecular weight excluding hydrogens is 388 g/mol. The molecule has 150 valence electrons. The molecule has 3 aromatic rings. The fourth-order valence-corrected chi connectivity index (χ4v) is 3.98. The van der Waals surface area contributed by atoms with E-state index in [0.29, 0.717) is 21.3 Å². The van der Waals surface area contributed by atoms with Crippen LogP contribution in [-0.2, 0) is 4.79 Å². The monoisotopic (exact) mass is 410 g/mol. The maximum absolute atomic E-state index is 12.9. The first-order chi connectivity index (χ1) is 13.8. The molecule has 29 heavy (non-hydrogen) atoms. The number of methoxy groups -OCH3 is 1. The average Bonchev–Trinajstić information content (AvgIpc) is 3.10. The van der Waals surface area contributed by atoms with E-state index in [2.05, 4.69) is 4.98 Å². The summed E-state index contributed by atoms with van der Waals surface area (Å²) in [6, 6.07) is 13.6. The molecular formula is C21H22N4O3S. The van der Waals surface area contributed by atoms with Gasteiger partial charge < -0.3 is 21.1 Å². The molecule has 1 amide bonds. The van der Waals surface area contributed by atoms with E-state index in [1.165, 1.54) is 0 Å². The Morgan fingerprint density at radius 1 is 1.17 bits per heavy atom. The smallest absolute Gasteiger partial charge is 0.240 e. The Balaban J connectivity index is 2.08. The predicted molar refractivity (Wildman–Crippen MR) is 115 cm³/mol. The van der Waals surface area contributed by atoms with Crippen LogP contribution in [0.15, 0.2) is 48.5 Å². The van der Waals surface area contributed by atoms with Gasteiger partial charge in [0, 0.05) is 11.3 Å². The van der Waals surface area contributed by atoms with Crippen molar-refractivity contribution in [1.82, 2.24) is 4.98 Å². The van der Waals surface area contributed by atoms with Gasteiger partial charge in [0.1, 0.15) is 22.5 Å². The summed E-state index contributed by atoms with van der Waals surface area (Å²) in [7, 11) is 1.58. The number of hydrogen-bond donors (Lipinski definition) is 2. The van der Waals surface area contributed by atoms with Gasteiger partial charge in [0.15, 0.2) is 5.13 Å². The van der Waals surface area contributed by atoms with Crippen molar-refractivity contribution in [3.05, 3.63) is 64.5 Å². The first kappa shape index (κ1) is 20.3. The third-order valence-corrected chi connectivity index (χ3v) is 5.62. The van der Waals surface area contributed by atoms with Gasteiger partial charge in [-0.1, -0.05) is 41.7 Å². The summed E-state index contributed by atoms with van der Waals surface area (Å²) in [6.45, 7) is 3.58. The minimum absolute atomic E-state index is 0.117. The van der Waals surface area contributed by atoms with Gasteiger partial charge in [0.2, 0.25) is 11.7 Å². The number of primary amides is 1. The number of aromatic nitrogens is 1. The highest BCUT2D eigenvalue weighted by molar-refractivity contribution is 7.18. The van der Waals surface area contributed by atoms with E-state index in [-0.39, 0.29) is 11.6 Å². The van der Waals surface area contributed by atoms with Crippen LogP contribution in [0.2, 0.25) is 0 Å². The number of ether oxygens (including phenoxy) is 1. The van der Waals surface area contributed by atoms with E-state index in [9.17, 15) is 9.59 Å². The van der Waals surface area contributed by atoms with Crippen molar-refractivity contribution in [1.29, 1.82) is 0 Å². The lowest BCUT2D eigenvalue weighted by Crippen LogP contribution is -2.40. The van der Waals surface area contributed by atoms with E-state index in [1.54, 1.807) is 49.3 Å². The molecule has 0 radical (unpaired) electrons. The largest absolute Gasteiger partial charge is 0.497 e. The molecule has 0 aliphatic carbocycles. The fourth-order valence-electron chi connectivity index (χ4n) is 2.94. The molecule has 1 unspecified atom stereocenters. The van der Waals surface area contributed by atoms with Crippen LogP contribution in [0.5, 0.6) is 5.75 Å². The van der Waals surface area contributed by atoms with E-state index in [1.807, 2.05) is 25.1 Å². The molecule has 0 aliphatic heterocycles. The molecule has 3 rings (SSSR count). The number of carbonyl (C=O) groups is 2. The van der Waals surface area contributed by atoms with E-state index >= 15 is 0 Å². The number of aryl methyl sites for hydroxylation is 1. The number of anilines is 3. The predicted octanol–water partition coefficient (Wildman–Crippen LogP) is 3.29. The molecule has 4 N–H and O–H groups in total. The summed E-state index contributed by atoms with van der Waals surface area (Å²) >= 11 is 1.13. The number of nitrogen functional groups attached to an aromatic ring is 1. The highest BCUT2D eigenvalue weighted by atomic mass is 32.1. The number of ketones is 1. The Bertz CT molecular complexity index is 1050. The van der Waals surface area contributed by atoms with Crippen molar-refractivity contribution in [3.63, 3.8) is 0 Å². The number of hydrogen-bond acceptors (Lipinski definition) is 7. The van der Waals surface area contributed by atoms with Crippen LogP contribution >= 0.6 is 11.3 Å². The number of amides is 1. The van der Waals surface area contributed by atoms with Gasteiger partial charge in [-0.3, -0.25) is 9.59 Å². The summed E-state index contributed by atoms with van der Waals surface area (Å²) < 4.78 is 5.26. The van der Waals surface area contributed by atoms with Crippen LogP contribution in [0.1, 0.15) is 27.7 Å². The lowest BCUT2D eigenvalue weighted by atomic mass is 10.1. The molecule has 0 bridgehead atoms. The van der Waals surface area contributed by atoms with Gasteiger partial charge in [0.25, 0.3) is 0 Å². The molecule has 0 fully saturated rings. The van der Waals surface area contributed by atoms with E-state index < -0.39 is 11.9 Å². The van der Waals surface area contributed by atoms with Gasteiger partial charge in [-0.15, -0.1) is 0 Å². The second kappa shape index (κ2) is 8.32. The lowest BCUT2D eigenvalue weighted by Gasteiger charge is -2.28. The second-order valence-corrected chi connectivity index (χ2v) is 7.48. The van der Waals surface area contributed by atoms with Gasteiger partial charge in [-0.05, 0) is 37.6 Å². The number of nitrogens with zero attached hydrogens (tertiary/aromatic N) is 2. The van der Waals surface area contributed by atoms with Crippen molar-refractivity contribution >= 4 is 39.7 Å². The minimum atomic E-state index is -0.702. The van der Waals surface area contributed by atoms with Crippen LogP contribution < -0.4 is 21.1 Å². The molecule has 8 heteroatoms. The molecule has 1 heterocycles. The Morgan fingerprint density at radius 2 is 1.86 bits per heavy atom. The SMILES string of the molecule is COc1ccc(N(c2nc(N)c(C(=O)c3ccccc3)s2)C(C)C(N)=O)c(C)c1. The third-order valence-electron chi connectivity index (χ3n) is 4.55. The quantitative estimate of drug-likeness (QED) is 0.578. The van der Waals surface area contributed by atoms with Crippen molar-refractivity contribution in [2.24, 2.45) is 5.73 Å². The van der Waals surface area contributed by atoms with Crippen LogP contribution in [0.4, 0.5) is 16.6 Å². The summed E-state index contributed by atoms with van der Waals surface area (Å²) in [5.74, 6) is 0.0677. The van der Waals surface area contributed by atoms with Crippen LogP contribution in [0.3, 0.4) is 0 Å². The molecule has 0 aliphatic rings. The normalized spacial score (nSPS) is 11.7. The maximum atomic E-state index is 12.9. The molecule has 1 atom stereocenters. The topological polar surface area (TPSA) is 112 Å². The van der Waals surface area contributed by atoms with E-state index in [0.717, 1.165) is 22.6 Å². The zero-order valence-electron chi connectivity index (χ0n) is 16.4. The second-order valence-electron chi connectivity index (χ2n) is 6.51. The number of nitrogens with two attached hydrogens (primary N) is 2. The van der Waals surface area contributed by atoms with Crippen molar-refractivity contribution in [2.45, 2.75) is 19.9 Å². The number of rotatable bonds is 7. The zero-order chi connectivity index (χ0) is 21.1.